The fraction of sp³-hybridized carbons (Fsp3) is 0.286. The maximum absolute atomic E-state index is 13.8. The van der Waals surface area contributed by atoms with E-state index in [1.807, 2.05) is 7.05 Å². The molecule has 0 spiro atoms. The second-order valence-corrected chi connectivity index (χ2v) is 7.66. The fourth-order valence-electron chi connectivity index (χ4n) is 3.43. The Kier molecular flexibility index (Phi) is 5.97. The predicted octanol–water partition coefficient (Wildman–Crippen LogP) is 4.71. The number of nitrogens with one attached hydrogen (secondary N) is 1. The average Bonchev–Trinajstić information content (AvgIpc) is 2.74. The number of alkyl halides is 3. The van der Waals surface area contributed by atoms with Gasteiger partial charge >= 0.3 is 6.18 Å². The van der Waals surface area contributed by atoms with Crippen LogP contribution >= 0.6 is 11.6 Å². The molecule has 2 aromatic heterocycles. The summed E-state index contributed by atoms with van der Waals surface area (Å²) in [6.45, 7) is 2.53. The van der Waals surface area contributed by atoms with Gasteiger partial charge in [0.15, 0.2) is 0 Å². The summed E-state index contributed by atoms with van der Waals surface area (Å²) >= 11 is 5.93. The minimum absolute atomic E-state index is 0.186. The fourth-order valence-corrected chi connectivity index (χ4v) is 3.61. The maximum Gasteiger partial charge on any atom is 0.418 e. The molecule has 162 valence electrons. The van der Waals surface area contributed by atoms with E-state index >= 15 is 0 Å². The van der Waals surface area contributed by atoms with E-state index in [1.54, 1.807) is 35.4 Å². The summed E-state index contributed by atoms with van der Waals surface area (Å²) in [7, 11) is 1.96. The van der Waals surface area contributed by atoms with Crippen molar-refractivity contribution in [3.05, 3.63) is 59.5 Å². The van der Waals surface area contributed by atoms with Crippen molar-refractivity contribution >= 4 is 28.9 Å². The highest BCUT2D eigenvalue weighted by Crippen LogP contribution is 2.39. The van der Waals surface area contributed by atoms with Crippen molar-refractivity contribution in [2.75, 3.05) is 43.4 Å². The summed E-state index contributed by atoms with van der Waals surface area (Å²) in [6.07, 6.45) is -1.39. The molecule has 1 aliphatic heterocycles. The van der Waals surface area contributed by atoms with E-state index in [-0.39, 0.29) is 17.3 Å². The quantitative estimate of drug-likeness (QED) is 0.583. The molecule has 10 heteroatoms. The third kappa shape index (κ3) is 5.05. The molecule has 0 bridgehead atoms. The second-order valence-electron chi connectivity index (χ2n) is 7.28. The Morgan fingerprint density at radius 1 is 0.968 bits per heavy atom. The Hall–Kier alpha value is -2.91. The van der Waals surface area contributed by atoms with E-state index < -0.39 is 11.7 Å². The van der Waals surface area contributed by atoms with Crippen LogP contribution in [0.3, 0.4) is 0 Å². The number of pyridine rings is 1. The largest absolute Gasteiger partial charge is 0.418 e. The molecule has 1 saturated heterocycles. The monoisotopic (exact) mass is 448 g/mol. The van der Waals surface area contributed by atoms with Crippen LogP contribution in [0, 0.1) is 0 Å². The van der Waals surface area contributed by atoms with Gasteiger partial charge in [0.25, 0.3) is 0 Å². The summed E-state index contributed by atoms with van der Waals surface area (Å²) in [5, 5.41) is 3.20. The number of likely N-dealkylation sites (N-methyl/N-ethyl adjacent to an activating group) is 1. The zero-order valence-electron chi connectivity index (χ0n) is 16.7. The highest BCUT2D eigenvalue weighted by Gasteiger charge is 2.35. The molecule has 3 aromatic rings. The van der Waals surface area contributed by atoms with Crippen molar-refractivity contribution < 1.29 is 13.2 Å². The standard InChI is InChI=1S/C21H20ClF3N6/c1-30-8-10-31(11-9-30)18-3-2-15(13-16(18)21(23,24)25)28-20-27-7-5-17(29-20)14-4-6-26-19(22)12-14/h2-7,12-13H,8-11H2,1H3,(H,27,28,29). The minimum Gasteiger partial charge on any atom is -0.368 e. The molecule has 0 saturated carbocycles. The average molecular weight is 449 g/mol. The van der Waals surface area contributed by atoms with Crippen molar-refractivity contribution in [2.45, 2.75) is 6.18 Å². The molecule has 1 aliphatic rings. The van der Waals surface area contributed by atoms with Crippen molar-refractivity contribution in [1.82, 2.24) is 19.9 Å². The van der Waals surface area contributed by atoms with Gasteiger partial charge in [0.2, 0.25) is 5.95 Å². The first kappa shape index (κ1) is 21.3. The molecule has 3 heterocycles. The summed E-state index contributed by atoms with van der Waals surface area (Å²) in [5.41, 5.74) is 1.07. The van der Waals surface area contributed by atoms with Crippen molar-refractivity contribution in [1.29, 1.82) is 0 Å². The molecule has 6 nitrogen and oxygen atoms in total. The number of piperazine rings is 1. The first-order valence-electron chi connectivity index (χ1n) is 9.66. The molecule has 31 heavy (non-hydrogen) atoms. The van der Waals surface area contributed by atoms with Crippen molar-refractivity contribution in [2.24, 2.45) is 0 Å². The minimum atomic E-state index is -4.48. The van der Waals surface area contributed by atoms with Gasteiger partial charge in [-0.1, -0.05) is 11.6 Å². The number of halogens is 4. The van der Waals surface area contributed by atoms with Gasteiger partial charge in [-0.25, -0.2) is 15.0 Å². The summed E-state index contributed by atoms with van der Waals surface area (Å²) < 4.78 is 41.4. The highest BCUT2D eigenvalue weighted by molar-refractivity contribution is 6.29. The van der Waals surface area contributed by atoms with Crippen LogP contribution in [0.5, 0.6) is 0 Å². The molecule has 4 rings (SSSR count). The number of hydrogen-bond acceptors (Lipinski definition) is 6. The second kappa shape index (κ2) is 8.68. The Morgan fingerprint density at radius 2 is 1.71 bits per heavy atom. The zero-order chi connectivity index (χ0) is 22.0. The lowest BCUT2D eigenvalue weighted by Gasteiger charge is -2.35. The topological polar surface area (TPSA) is 57.2 Å². The van der Waals surface area contributed by atoms with Crippen LogP contribution < -0.4 is 10.2 Å². The number of rotatable bonds is 4. The van der Waals surface area contributed by atoms with Gasteiger partial charge in [-0.05, 0) is 43.4 Å². The first-order chi connectivity index (χ1) is 14.8. The Labute approximate surface area is 182 Å². The third-order valence-corrected chi connectivity index (χ3v) is 5.29. The van der Waals surface area contributed by atoms with E-state index in [0.717, 1.165) is 24.7 Å². The lowest BCUT2D eigenvalue weighted by molar-refractivity contribution is -0.137. The van der Waals surface area contributed by atoms with Crippen LogP contribution in [0.25, 0.3) is 11.3 Å². The first-order valence-corrected chi connectivity index (χ1v) is 10.0. The van der Waals surface area contributed by atoms with Crippen LogP contribution in [-0.2, 0) is 6.18 Å². The molecule has 1 N–H and O–H groups in total. The lowest BCUT2D eigenvalue weighted by Crippen LogP contribution is -2.45. The maximum atomic E-state index is 13.8. The molecule has 0 amide bonds. The molecule has 0 radical (unpaired) electrons. The zero-order valence-corrected chi connectivity index (χ0v) is 17.5. The molecule has 0 aliphatic carbocycles. The number of anilines is 3. The number of benzene rings is 1. The van der Waals surface area contributed by atoms with E-state index in [0.29, 0.717) is 23.9 Å². The molecule has 0 atom stereocenters. The molecule has 1 aromatic carbocycles. The molecule has 1 fully saturated rings. The van der Waals surface area contributed by atoms with Crippen molar-refractivity contribution in [3.63, 3.8) is 0 Å². The Bertz CT molecular complexity index is 1070. The summed E-state index contributed by atoms with van der Waals surface area (Å²) in [6, 6.07) is 9.30. The molecular formula is C21H20ClF3N6. The number of nitrogens with zero attached hydrogens (tertiary/aromatic N) is 5. The van der Waals surface area contributed by atoms with Crippen LogP contribution in [-0.4, -0.2) is 53.1 Å². The van der Waals surface area contributed by atoms with Crippen molar-refractivity contribution in [3.8, 4) is 11.3 Å². The van der Waals surface area contributed by atoms with E-state index in [2.05, 4.69) is 25.2 Å². The SMILES string of the molecule is CN1CCN(c2ccc(Nc3nccc(-c4ccnc(Cl)c4)n3)cc2C(F)(F)F)CC1. The van der Waals surface area contributed by atoms with Gasteiger partial charge in [0.1, 0.15) is 5.15 Å². The van der Waals surface area contributed by atoms with Crippen LogP contribution in [0.4, 0.5) is 30.5 Å². The van der Waals surface area contributed by atoms with Gasteiger partial charge < -0.3 is 15.1 Å². The van der Waals surface area contributed by atoms with Gasteiger partial charge in [-0.3, -0.25) is 0 Å². The number of aromatic nitrogens is 3. The van der Waals surface area contributed by atoms with Crippen LogP contribution in [0.15, 0.2) is 48.8 Å². The smallest absolute Gasteiger partial charge is 0.368 e. The van der Waals surface area contributed by atoms with Crippen LogP contribution in [0.1, 0.15) is 5.56 Å². The Balaban J connectivity index is 1.61. The third-order valence-electron chi connectivity index (χ3n) is 5.08. The summed E-state index contributed by atoms with van der Waals surface area (Å²) in [4.78, 5) is 16.3. The van der Waals surface area contributed by atoms with Crippen LogP contribution in [0.2, 0.25) is 5.15 Å². The Morgan fingerprint density at radius 3 is 2.42 bits per heavy atom. The predicted molar refractivity (Wildman–Crippen MR) is 115 cm³/mol. The molecule has 0 unspecified atom stereocenters. The van der Waals surface area contributed by atoms with Gasteiger partial charge in [-0.2, -0.15) is 13.2 Å². The van der Waals surface area contributed by atoms with E-state index in [4.69, 9.17) is 11.6 Å². The normalized spacial score (nSPS) is 15.2. The lowest BCUT2D eigenvalue weighted by atomic mass is 10.1. The van der Waals surface area contributed by atoms with Gasteiger partial charge in [0.05, 0.1) is 11.3 Å². The van der Waals surface area contributed by atoms with E-state index in [1.165, 1.54) is 12.3 Å². The summed E-state index contributed by atoms with van der Waals surface area (Å²) in [5.74, 6) is 0.186. The number of hydrogen-bond donors (Lipinski definition) is 1. The van der Waals surface area contributed by atoms with Gasteiger partial charge in [-0.15, -0.1) is 0 Å². The van der Waals surface area contributed by atoms with Gasteiger partial charge in [0, 0.05) is 55.5 Å². The van der Waals surface area contributed by atoms with E-state index in [9.17, 15) is 13.2 Å². The highest BCUT2D eigenvalue weighted by atomic mass is 35.5. The molecular weight excluding hydrogens is 429 g/mol.